The van der Waals surface area contributed by atoms with E-state index in [4.69, 9.17) is 0 Å². The normalized spacial score (nSPS) is 15.0. The van der Waals surface area contributed by atoms with Gasteiger partial charge in [0.1, 0.15) is 0 Å². The Balaban J connectivity index is 1.72. The van der Waals surface area contributed by atoms with Gasteiger partial charge in [0.2, 0.25) is 5.91 Å². The number of amides is 1. The first-order valence-corrected chi connectivity index (χ1v) is 8.54. The third-order valence-corrected chi connectivity index (χ3v) is 4.84. The van der Waals surface area contributed by atoms with Crippen LogP contribution >= 0.6 is 0 Å². The highest BCUT2D eigenvalue weighted by molar-refractivity contribution is 5.91. The van der Waals surface area contributed by atoms with Crippen molar-refractivity contribution in [2.45, 2.75) is 38.6 Å². The maximum absolute atomic E-state index is 12.8. The van der Waals surface area contributed by atoms with Gasteiger partial charge in [-0.15, -0.1) is 0 Å². The lowest BCUT2D eigenvalue weighted by Gasteiger charge is -2.18. The molecule has 0 heterocycles. The molecule has 1 amide bonds. The minimum absolute atomic E-state index is 0.155. The lowest BCUT2D eigenvalue weighted by molar-refractivity contribution is -0.123. The zero-order valence-electron chi connectivity index (χ0n) is 15.0. The van der Waals surface area contributed by atoms with E-state index in [-0.39, 0.29) is 11.3 Å². The van der Waals surface area contributed by atoms with E-state index >= 15 is 0 Å². The number of nitrogens with one attached hydrogen (secondary N) is 1. The fourth-order valence-electron chi connectivity index (χ4n) is 3.32. The molecule has 0 unspecified atom stereocenters. The first-order valence-electron chi connectivity index (χ1n) is 8.54. The van der Waals surface area contributed by atoms with Gasteiger partial charge in [0, 0.05) is 26.3 Å². The lowest BCUT2D eigenvalue weighted by Crippen LogP contribution is -2.34. The molecule has 2 aromatic rings. The number of rotatable bonds is 5. The third-order valence-electron chi connectivity index (χ3n) is 4.84. The summed E-state index contributed by atoms with van der Waals surface area (Å²) in [5.41, 5.74) is 5.59. The molecule has 0 bridgehead atoms. The average Bonchev–Trinajstić information content (AvgIpc) is 3.34. The predicted octanol–water partition coefficient (Wildman–Crippen LogP) is 3.72. The fourth-order valence-corrected chi connectivity index (χ4v) is 3.32. The zero-order valence-corrected chi connectivity index (χ0v) is 15.0. The van der Waals surface area contributed by atoms with Gasteiger partial charge in [-0.25, -0.2) is 0 Å². The van der Waals surface area contributed by atoms with Gasteiger partial charge < -0.3 is 10.2 Å². The summed E-state index contributed by atoms with van der Waals surface area (Å²) < 4.78 is 0. The van der Waals surface area contributed by atoms with Gasteiger partial charge >= 0.3 is 0 Å². The van der Waals surface area contributed by atoms with Crippen molar-refractivity contribution in [1.29, 1.82) is 0 Å². The summed E-state index contributed by atoms with van der Waals surface area (Å²) in [5.74, 6) is 0.155. The summed E-state index contributed by atoms with van der Waals surface area (Å²) in [5, 5.41) is 3.15. The molecule has 0 atom stereocenters. The quantitative estimate of drug-likeness (QED) is 0.910. The molecule has 1 N–H and O–H groups in total. The Kier molecular flexibility index (Phi) is 4.35. The SMILES string of the molecule is Cc1cc(C)cc(C2(C(=O)NCc3cccc(N(C)C)c3)CC2)c1. The van der Waals surface area contributed by atoms with Crippen molar-refractivity contribution in [3.05, 3.63) is 64.7 Å². The third kappa shape index (κ3) is 3.30. The number of nitrogens with zero attached hydrogens (tertiary/aromatic N) is 1. The molecule has 3 rings (SSSR count). The molecule has 2 aromatic carbocycles. The topological polar surface area (TPSA) is 32.3 Å². The second kappa shape index (κ2) is 6.31. The molecule has 3 heteroatoms. The molecule has 24 heavy (non-hydrogen) atoms. The van der Waals surface area contributed by atoms with Crippen molar-refractivity contribution in [3.63, 3.8) is 0 Å². The van der Waals surface area contributed by atoms with Gasteiger partial charge in [-0.2, -0.15) is 0 Å². The summed E-state index contributed by atoms with van der Waals surface area (Å²) in [7, 11) is 4.05. The van der Waals surface area contributed by atoms with Crippen LogP contribution in [0.4, 0.5) is 5.69 Å². The number of carbonyl (C=O) groups is 1. The van der Waals surface area contributed by atoms with E-state index in [2.05, 4.69) is 60.5 Å². The van der Waals surface area contributed by atoms with Crippen LogP contribution in [0.2, 0.25) is 0 Å². The first kappa shape index (κ1) is 16.6. The van der Waals surface area contributed by atoms with E-state index < -0.39 is 0 Å². The molecule has 3 nitrogen and oxygen atoms in total. The highest BCUT2D eigenvalue weighted by Crippen LogP contribution is 2.48. The van der Waals surface area contributed by atoms with Crippen molar-refractivity contribution in [2.75, 3.05) is 19.0 Å². The van der Waals surface area contributed by atoms with Crippen LogP contribution < -0.4 is 10.2 Å². The van der Waals surface area contributed by atoms with Crippen molar-refractivity contribution in [1.82, 2.24) is 5.32 Å². The summed E-state index contributed by atoms with van der Waals surface area (Å²) in [6, 6.07) is 14.8. The molecule has 1 aliphatic carbocycles. The zero-order chi connectivity index (χ0) is 17.3. The van der Waals surface area contributed by atoms with Crippen LogP contribution in [0.15, 0.2) is 42.5 Å². The summed E-state index contributed by atoms with van der Waals surface area (Å²) in [4.78, 5) is 14.9. The van der Waals surface area contributed by atoms with Gasteiger partial charge in [0.05, 0.1) is 5.41 Å². The van der Waals surface area contributed by atoms with E-state index in [1.807, 2.05) is 20.2 Å². The molecule has 1 fully saturated rings. The summed E-state index contributed by atoms with van der Waals surface area (Å²) >= 11 is 0. The van der Waals surface area contributed by atoms with E-state index in [9.17, 15) is 4.79 Å². The molecule has 126 valence electrons. The van der Waals surface area contributed by atoms with Crippen LogP contribution in [0.25, 0.3) is 0 Å². The Bertz CT molecular complexity index is 740. The van der Waals surface area contributed by atoms with E-state index in [1.165, 1.54) is 16.7 Å². The number of aryl methyl sites for hydroxylation is 2. The minimum atomic E-state index is -0.310. The number of hydrogen-bond donors (Lipinski definition) is 1. The van der Waals surface area contributed by atoms with E-state index in [0.717, 1.165) is 24.1 Å². The minimum Gasteiger partial charge on any atom is -0.378 e. The number of anilines is 1. The first-order chi connectivity index (χ1) is 11.4. The smallest absolute Gasteiger partial charge is 0.230 e. The second-order valence-electron chi connectivity index (χ2n) is 7.21. The standard InChI is InChI=1S/C21H26N2O/c1-15-10-16(2)12-18(11-15)21(8-9-21)20(24)22-14-17-6-5-7-19(13-17)23(3)4/h5-7,10-13H,8-9,14H2,1-4H3,(H,22,24). The molecular weight excluding hydrogens is 296 g/mol. The van der Waals surface area contributed by atoms with Gasteiger partial charge in [0.25, 0.3) is 0 Å². The Morgan fingerprint density at radius 3 is 2.33 bits per heavy atom. The van der Waals surface area contributed by atoms with Crippen molar-refractivity contribution in [2.24, 2.45) is 0 Å². The number of benzene rings is 2. The molecule has 0 aliphatic heterocycles. The van der Waals surface area contributed by atoms with Gasteiger partial charge in [-0.1, -0.05) is 41.5 Å². The highest BCUT2D eigenvalue weighted by atomic mass is 16.2. The Hall–Kier alpha value is -2.29. The Morgan fingerprint density at radius 2 is 1.75 bits per heavy atom. The summed E-state index contributed by atoms with van der Waals surface area (Å²) in [6.07, 6.45) is 1.89. The molecular formula is C21H26N2O. The van der Waals surface area contributed by atoms with Gasteiger partial charge in [0.15, 0.2) is 0 Å². The second-order valence-corrected chi connectivity index (χ2v) is 7.21. The maximum atomic E-state index is 12.8. The maximum Gasteiger partial charge on any atom is 0.230 e. The van der Waals surface area contributed by atoms with Crippen molar-refractivity contribution >= 4 is 11.6 Å². The van der Waals surface area contributed by atoms with Crippen LogP contribution in [0.1, 0.15) is 35.1 Å². The van der Waals surface area contributed by atoms with Crippen LogP contribution in [0, 0.1) is 13.8 Å². The van der Waals surface area contributed by atoms with Crippen LogP contribution in [-0.4, -0.2) is 20.0 Å². The number of hydrogen-bond acceptors (Lipinski definition) is 2. The van der Waals surface area contributed by atoms with Crippen LogP contribution in [-0.2, 0) is 16.8 Å². The monoisotopic (exact) mass is 322 g/mol. The van der Waals surface area contributed by atoms with Gasteiger partial charge in [-0.05, 0) is 49.9 Å². The molecule has 1 aliphatic rings. The van der Waals surface area contributed by atoms with Crippen LogP contribution in [0.3, 0.4) is 0 Å². The van der Waals surface area contributed by atoms with E-state index in [1.54, 1.807) is 0 Å². The molecule has 0 spiro atoms. The average molecular weight is 322 g/mol. The molecule has 0 aromatic heterocycles. The fraction of sp³-hybridized carbons (Fsp3) is 0.381. The van der Waals surface area contributed by atoms with Gasteiger partial charge in [-0.3, -0.25) is 4.79 Å². The number of carbonyl (C=O) groups excluding carboxylic acids is 1. The predicted molar refractivity (Wildman–Crippen MR) is 99.4 cm³/mol. The Morgan fingerprint density at radius 1 is 1.08 bits per heavy atom. The van der Waals surface area contributed by atoms with Crippen molar-refractivity contribution in [3.8, 4) is 0 Å². The lowest BCUT2D eigenvalue weighted by atomic mass is 9.92. The molecule has 1 saturated carbocycles. The Labute approximate surface area is 144 Å². The largest absolute Gasteiger partial charge is 0.378 e. The molecule has 0 saturated heterocycles. The summed E-state index contributed by atoms with van der Waals surface area (Å²) in [6.45, 7) is 4.77. The van der Waals surface area contributed by atoms with Crippen LogP contribution in [0.5, 0.6) is 0 Å². The van der Waals surface area contributed by atoms with Crippen molar-refractivity contribution < 1.29 is 4.79 Å². The highest BCUT2D eigenvalue weighted by Gasteiger charge is 2.51. The van der Waals surface area contributed by atoms with E-state index in [0.29, 0.717) is 6.54 Å². The molecule has 0 radical (unpaired) electrons.